The normalized spacial score (nSPS) is 14.2. The van der Waals surface area contributed by atoms with Crippen molar-refractivity contribution in [2.75, 3.05) is 7.11 Å². The maximum absolute atomic E-state index is 11.0. The number of benzene rings is 1. The van der Waals surface area contributed by atoms with Crippen molar-refractivity contribution < 1.29 is 19.7 Å². The first-order valence-corrected chi connectivity index (χ1v) is 6.38. The third-order valence-electron chi connectivity index (χ3n) is 3.12. The minimum atomic E-state index is -1.34. The minimum absolute atomic E-state index is 0.201. The van der Waals surface area contributed by atoms with Crippen LogP contribution in [0.5, 0.6) is 5.75 Å². The number of aliphatic hydroxyl groups is 1. The van der Waals surface area contributed by atoms with Crippen molar-refractivity contribution in [3.63, 3.8) is 0 Å². The van der Waals surface area contributed by atoms with E-state index in [0.29, 0.717) is 12.0 Å². The van der Waals surface area contributed by atoms with Gasteiger partial charge in [-0.05, 0) is 42.5 Å². The molecule has 0 radical (unpaired) electrons. The largest absolute Gasteiger partial charge is 0.496 e. The summed E-state index contributed by atoms with van der Waals surface area (Å²) in [5, 5.41) is 19.7. The molecule has 1 rings (SSSR count). The maximum atomic E-state index is 11.0. The van der Waals surface area contributed by atoms with Gasteiger partial charge in [0.15, 0.2) is 0 Å². The van der Waals surface area contributed by atoms with Crippen molar-refractivity contribution in [2.24, 2.45) is 5.92 Å². The van der Waals surface area contributed by atoms with E-state index in [1.807, 2.05) is 20.8 Å². The van der Waals surface area contributed by atoms with E-state index in [1.54, 1.807) is 25.3 Å². The van der Waals surface area contributed by atoms with Crippen molar-refractivity contribution in [2.45, 2.75) is 39.2 Å². The molecule has 0 aromatic heterocycles. The van der Waals surface area contributed by atoms with Gasteiger partial charge in [-0.2, -0.15) is 0 Å². The van der Waals surface area contributed by atoms with Gasteiger partial charge in [0.1, 0.15) is 11.4 Å². The highest BCUT2D eigenvalue weighted by atomic mass is 16.5. The lowest BCUT2D eigenvalue weighted by Crippen LogP contribution is -2.31. The Labute approximate surface area is 114 Å². The molecule has 0 heterocycles. The Hall–Kier alpha value is -1.55. The van der Waals surface area contributed by atoms with E-state index in [1.165, 1.54) is 0 Å². The Morgan fingerprint density at radius 2 is 2.05 bits per heavy atom. The monoisotopic (exact) mass is 266 g/mol. The number of hydrogen-bond acceptors (Lipinski definition) is 3. The Balaban J connectivity index is 3.16. The van der Waals surface area contributed by atoms with E-state index in [9.17, 15) is 9.90 Å². The average molecular weight is 266 g/mol. The molecule has 0 saturated heterocycles. The van der Waals surface area contributed by atoms with Gasteiger partial charge >= 0.3 is 5.97 Å². The summed E-state index contributed by atoms with van der Waals surface area (Å²) in [5.74, 6) is -0.0747. The highest BCUT2D eigenvalue weighted by molar-refractivity contribution is 5.68. The number of ether oxygens (including phenoxy) is 1. The molecule has 4 heteroatoms. The van der Waals surface area contributed by atoms with E-state index in [4.69, 9.17) is 9.84 Å². The number of carboxylic acids is 1. The van der Waals surface area contributed by atoms with Gasteiger partial charge in [-0.1, -0.05) is 19.9 Å². The molecule has 1 aromatic rings. The molecule has 0 saturated carbocycles. The molecular weight excluding hydrogens is 244 g/mol. The van der Waals surface area contributed by atoms with Crippen LogP contribution in [0.3, 0.4) is 0 Å². The average Bonchev–Trinajstić information content (AvgIpc) is 2.26. The molecule has 19 heavy (non-hydrogen) atoms. The van der Waals surface area contributed by atoms with Crippen LogP contribution in [0.4, 0.5) is 0 Å². The van der Waals surface area contributed by atoms with Crippen LogP contribution in [0.2, 0.25) is 0 Å². The van der Waals surface area contributed by atoms with Gasteiger partial charge in [-0.3, -0.25) is 4.79 Å². The molecule has 1 aromatic carbocycles. The quantitative estimate of drug-likeness (QED) is 0.830. The summed E-state index contributed by atoms with van der Waals surface area (Å²) in [4.78, 5) is 11.0. The van der Waals surface area contributed by atoms with E-state index in [-0.39, 0.29) is 12.3 Å². The van der Waals surface area contributed by atoms with Crippen LogP contribution in [-0.4, -0.2) is 23.3 Å². The first-order chi connectivity index (χ1) is 8.78. The molecule has 0 amide bonds. The summed E-state index contributed by atoms with van der Waals surface area (Å²) in [5.41, 5.74) is 0.172. The Morgan fingerprint density at radius 1 is 1.42 bits per heavy atom. The standard InChI is InChI=1S/C15H22O4/c1-10(2)8-15(18,9-14(16)17)12-5-6-13(19-4)11(3)7-12/h5-7,10,18H,8-9H2,1-4H3,(H,16,17). The van der Waals surface area contributed by atoms with Crippen molar-refractivity contribution >= 4 is 5.97 Å². The van der Waals surface area contributed by atoms with Gasteiger partial charge in [0.05, 0.1) is 13.5 Å². The predicted octanol–water partition coefficient (Wildman–Crippen LogP) is 2.71. The fourth-order valence-corrected chi connectivity index (χ4v) is 2.39. The van der Waals surface area contributed by atoms with Crippen LogP contribution in [-0.2, 0) is 10.4 Å². The Bertz CT molecular complexity index is 453. The Kier molecular flexibility index (Phi) is 4.95. The summed E-state index contributed by atoms with van der Waals surface area (Å²) in [6.07, 6.45) is 0.113. The number of methoxy groups -OCH3 is 1. The van der Waals surface area contributed by atoms with Crippen molar-refractivity contribution in [3.8, 4) is 5.75 Å². The second-order valence-corrected chi connectivity index (χ2v) is 5.38. The molecule has 0 bridgehead atoms. The number of carboxylic acid groups (broad SMARTS) is 1. The maximum Gasteiger partial charge on any atom is 0.306 e. The number of hydrogen-bond donors (Lipinski definition) is 2. The van der Waals surface area contributed by atoms with Gasteiger partial charge in [0, 0.05) is 0 Å². The van der Waals surface area contributed by atoms with Crippen LogP contribution >= 0.6 is 0 Å². The summed E-state index contributed by atoms with van der Waals surface area (Å²) in [6.45, 7) is 5.80. The number of aryl methyl sites for hydroxylation is 1. The molecule has 2 N–H and O–H groups in total. The smallest absolute Gasteiger partial charge is 0.306 e. The first-order valence-electron chi connectivity index (χ1n) is 6.38. The molecule has 106 valence electrons. The Morgan fingerprint density at radius 3 is 2.47 bits per heavy atom. The van der Waals surface area contributed by atoms with Gasteiger partial charge in [0.25, 0.3) is 0 Å². The van der Waals surface area contributed by atoms with Crippen molar-refractivity contribution in [1.82, 2.24) is 0 Å². The summed E-state index contributed by atoms with van der Waals surface area (Å²) in [7, 11) is 1.58. The van der Waals surface area contributed by atoms with Gasteiger partial charge in [0.2, 0.25) is 0 Å². The van der Waals surface area contributed by atoms with Crippen LogP contribution in [0, 0.1) is 12.8 Å². The highest BCUT2D eigenvalue weighted by Crippen LogP contribution is 2.34. The van der Waals surface area contributed by atoms with Crippen molar-refractivity contribution in [1.29, 1.82) is 0 Å². The van der Waals surface area contributed by atoms with Gasteiger partial charge < -0.3 is 14.9 Å². The third kappa shape index (κ3) is 3.96. The SMILES string of the molecule is COc1ccc(C(O)(CC(=O)O)CC(C)C)cc1C. The predicted molar refractivity (Wildman–Crippen MR) is 73.3 cm³/mol. The number of carbonyl (C=O) groups is 1. The lowest BCUT2D eigenvalue weighted by molar-refractivity contribution is -0.143. The highest BCUT2D eigenvalue weighted by Gasteiger charge is 2.33. The number of rotatable bonds is 6. The molecular formula is C15H22O4. The van der Waals surface area contributed by atoms with Crippen LogP contribution in [0.25, 0.3) is 0 Å². The molecule has 0 fully saturated rings. The first kappa shape index (κ1) is 15.5. The van der Waals surface area contributed by atoms with Crippen molar-refractivity contribution in [3.05, 3.63) is 29.3 Å². The summed E-state index contributed by atoms with van der Waals surface area (Å²) < 4.78 is 5.18. The van der Waals surface area contributed by atoms with Crippen LogP contribution in [0.15, 0.2) is 18.2 Å². The zero-order valence-corrected chi connectivity index (χ0v) is 11.9. The van der Waals surface area contributed by atoms with Gasteiger partial charge in [-0.15, -0.1) is 0 Å². The lowest BCUT2D eigenvalue weighted by Gasteiger charge is -2.29. The molecule has 1 atom stereocenters. The molecule has 1 unspecified atom stereocenters. The van der Waals surface area contributed by atoms with E-state index in [0.717, 1.165) is 11.3 Å². The zero-order valence-electron chi connectivity index (χ0n) is 11.9. The molecule has 0 aliphatic heterocycles. The molecule has 0 aliphatic carbocycles. The second-order valence-electron chi connectivity index (χ2n) is 5.38. The van der Waals surface area contributed by atoms with Crippen LogP contribution in [0.1, 0.15) is 37.8 Å². The zero-order chi connectivity index (χ0) is 14.6. The second kappa shape index (κ2) is 6.06. The molecule has 4 nitrogen and oxygen atoms in total. The fourth-order valence-electron chi connectivity index (χ4n) is 2.39. The lowest BCUT2D eigenvalue weighted by atomic mass is 9.82. The molecule has 0 aliphatic rings. The molecule has 0 spiro atoms. The van der Waals surface area contributed by atoms with E-state index < -0.39 is 11.6 Å². The van der Waals surface area contributed by atoms with E-state index >= 15 is 0 Å². The number of aliphatic carboxylic acids is 1. The third-order valence-corrected chi connectivity index (χ3v) is 3.12. The summed E-state index contributed by atoms with van der Waals surface area (Å²) in [6, 6.07) is 5.29. The van der Waals surface area contributed by atoms with Gasteiger partial charge in [-0.25, -0.2) is 0 Å². The summed E-state index contributed by atoms with van der Waals surface area (Å²) >= 11 is 0. The topological polar surface area (TPSA) is 66.8 Å². The minimum Gasteiger partial charge on any atom is -0.496 e. The van der Waals surface area contributed by atoms with Crippen LogP contribution < -0.4 is 4.74 Å². The fraction of sp³-hybridized carbons (Fsp3) is 0.533. The van der Waals surface area contributed by atoms with E-state index in [2.05, 4.69) is 0 Å².